The van der Waals surface area contributed by atoms with Gasteiger partial charge in [0.1, 0.15) is 11.5 Å². The molecule has 0 radical (unpaired) electrons. The third kappa shape index (κ3) is 2.37. The molecular formula is C18H18N8. The van der Waals surface area contributed by atoms with E-state index in [1.807, 2.05) is 29.8 Å². The van der Waals surface area contributed by atoms with Crippen LogP contribution in [-0.2, 0) is 6.54 Å². The van der Waals surface area contributed by atoms with E-state index in [1.165, 1.54) is 0 Å². The van der Waals surface area contributed by atoms with Gasteiger partial charge in [0, 0.05) is 30.8 Å². The molecule has 0 saturated heterocycles. The molecule has 0 aromatic carbocycles. The molecule has 5 rings (SSSR count). The molecule has 0 bridgehead atoms. The van der Waals surface area contributed by atoms with Crippen LogP contribution in [0.2, 0.25) is 0 Å². The van der Waals surface area contributed by atoms with Gasteiger partial charge in [-0.2, -0.15) is 14.7 Å². The minimum atomic E-state index is 0.361. The molecule has 0 N–H and O–H groups in total. The summed E-state index contributed by atoms with van der Waals surface area (Å²) >= 11 is 0. The van der Waals surface area contributed by atoms with Gasteiger partial charge in [-0.05, 0) is 44.5 Å². The van der Waals surface area contributed by atoms with Gasteiger partial charge in [-0.3, -0.25) is 4.68 Å². The van der Waals surface area contributed by atoms with Crippen molar-refractivity contribution in [3.63, 3.8) is 0 Å². The Kier molecular flexibility index (Phi) is 3.31. The third-order valence-corrected chi connectivity index (χ3v) is 4.87. The molecule has 4 aromatic rings. The fourth-order valence-corrected chi connectivity index (χ4v) is 3.41. The predicted octanol–water partition coefficient (Wildman–Crippen LogP) is 2.38. The number of aryl methyl sites for hydroxylation is 2. The topological polar surface area (TPSA) is 86.7 Å². The lowest BCUT2D eigenvalue weighted by Crippen LogP contribution is -2.03. The normalized spacial score (nSPS) is 19.2. The van der Waals surface area contributed by atoms with E-state index in [-0.39, 0.29) is 0 Å². The average Bonchev–Trinajstić information content (AvgIpc) is 3.24. The van der Waals surface area contributed by atoms with Crippen LogP contribution in [0.5, 0.6) is 0 Å². The van der Waals surface area contributed by atoms with Crippen molar-refractivity contribution in [1.82, 2.24) is 39.6 Å². The lowest BCUT2D eigenvalue weighted by Gasteiger charge is -2.04. The number of rotatable bonds is 4. The molecule has 4 heterocycles. The van der Waals surface area contributed by atoms with Gasteiger partial charge < -0.3 is 0 Å². The quantitative estimate of drug-likeness (QED) is 0.564. The van der Waals surface area contributed by atoms with Crippen LogP contribution in [0.1, 0.15) is 42.5 Å². The van der Waals surface area contributed by atoms with E-state index >= 15 is 0 Å². The van der Waals surface area contributed by atoms with Crippen LogP contribution in [-0.4, -0.2) is 39.6 Å². The second-order valence-electron chi connectivity index (χ2n) is 6.56. The van der Waals surface area contributed by atoms with Crippen LogP contribution in [0.4, 0.5) is 0 Å². The smallest absolute Gasteiger partial charge is 0.177 e. The summed E-state index contributed by atoms with van der Waals surface area (Å²) in [5, 5.41) is 17.7. The van der Waals surface area contributed by atoms with Crippen LogP contribution in [0.3, 0.4) is 0 Å². The maximum Gasteiger partial charge on any atom is 0.177 e. The van der Waals surface area contributed by atoms with Crippen LogP contribution in [0, 0.1) is 6.92 Å². The Morgan fingerprint density at radius 3 is 2.73 bits per heavy atom. The van der Waals surface area contributed by atoms with Gasteiger partial charge in [-0.1, -0.05) is 0 Å². The first kappa shape index (κ1) is 15.1. The molecule has 1 fully saturated rings. The van der Waals surface area contributed by atoms with Crippen molar-refractivity contribution in [3.8, 4) is 11.4 Å². The third-order valence-electron chi connectivity index (χ3n) is 4.87. The van der Waals surface area contributed by atoms with Crippen molar-refractivity contribution in [1.29, 1.82) is 0 Å². The second kappa shape index (κ2) is 5.69. The van der Waals surface area contributed by atoms with E-state index in [4.69, 9.17) is 10.2 Å². The summed E-state index contributed by atoms with van der Waals surface area (Å²) in [6.45, 7) is 4.77. The van der Waals surface area contributed by atoms with E-state index in [9.17, 15) is 0 Å². The first-order valence-electron chi connectivity index (χ1n) is 8.78. The maximum absolute atomic E-state index is 4.81. The highest BCUT2D eigenvalue weighted by molar-refractivity contribution is 5.57. The van der Waals surface area contributed by atoms with Crippen molar-refractivity contribution in [2.45, 2.75) is 38.6 Å². The van der Waals surface area contributed by atoms with Gasteiger partial charge in [0.25, 0.3) is 0 Å². The van der Waals surface area contributed by atoms with Gasteiger partial charge in [-0.25, -0.2) is 9.97 Å². The van der Waals surface area contributed by atoms with Gasteiger partial charge in [0.15, 0.2) is 11.5 Å². The Morgan fingerprint density at radius 2 is 1.92 bits per heavy atom. The Balaban J connectivity index is 1.51. The van der Waals surface area contributed by atoms with E-state index in [0.717, 1.165) is 47.3 Å². The number of nitrogens with zero attached hydrogens (tertiary/aromatic N) is 8. The fraction of sp³-hybridized carbons (Fsp3) is 0.333. The highest BCUT2D eigenvalue weighted by Gasteiger charge is 2.43. The van der Waals surface area contributed by atoms with E-state index in [1.54, 1.807) is 16.9 Å². The number of fused-ring (bicyclic) bond motifs is 1. The summed E-state index contributed by atoms with van der Waals surface area (Å²) in [6, 6.07) is 7.90. The molecule has 1 saturated carbocycles. The first-order chi connectivity index (χ1) is 12.7. The zero-order valence-corrected chi connectivity index (χ0v) is 14.6. The number of aromatic nitrogens is 8. The molecule has 0 amide bonds. The average molecular weight is 346 g/mol. The molecular weight excluding hydrogens is 328 g/mol. The molecule has 130 valence electrons. The monoisotopic (exact) mass is 346 g/mol. The Labute approximate surface area is 149 Å². The molecule has 26 heavy (non-hydrogen) atoms. The summed E-state index contributed by atoms with van der Waals surface area (Å²) in [7, 11) is 0. The fourth-order valence-electron chi connectivity index (χ4n) is 3.41. The van der Waals surface area contributed by atoms with Crippen LogP contribution in [0.15, 0.2) is 36.7 Å². The van der Waals surface area contributed by atoms with Gasteiger partial charge in [0.2, 0.25) is 0 Å². The summed E-state index contributed by atoms with van der Waals surface area (Å²) in [5.74, 6) is 2.42. The molecule has 0 spiro atoms. The molecule has 1 aliphatic carbocycles. The molecule has 0 aliphatic heterocycles. The molecule has 1 aliphatic rings. The Hall–Kier alpha value is -3.16. The summed E-state index contributed by atoms with van der Waals surface area (Å²) < 4.78 is 3.77. The molecule has 8 heteroatoms. The van der Waals surface area contributed by atoms with E-state index < -0.39 is 0 Å². The predicted molar refractivity (Wildman–Crippen MR) is 94.5 cm³/mol. The van der Waals surface area contributed by atoms with E-state index in [2.05, 4.69) is 33.2 Å². The SMILES string of the molecule is CCn1nc(C2CC2c2ncccn2)cc1-c1ccc2nnc(C)n2n1. The van der Waals surface area contributed by atoms with Crippen LogP contribution < -0.4 is 0 Å². The van der Waals surface area contributed by atoms with Crippen molar-refractivity contribution in [2.75, 3.05) is 0 Å². The summed E-state index contributed by atoms with van der Waals surface area (Å²) in [6.07, 6.45) is 4.64. The molecule has 4 aromatic heterocycles. The van der Waals surface area contributed by atoms with E-state index in [0.29, 0.717) is 11.8 Å². The first-order valence-corrected chi connectivity index (χ1v) is 8.78. The van der Waals surface area contributed by atoms with Crippen LogP contribution >= 0.6 is 0 Å². The molecule has 8 nitrogen and oxygen atoms in total. The van der Waals surface area contributed by atoms with Crippen molar-refractivity contribution in [2.24, 2.45) is 0 Å². The standard InChI is InChI=1S/C18H18N8/c1-3-25-16(14-5-6-17-22-21-11(2)26(17)24-14)10-15(23-25)12-9-13(12)18-19-7-4-8-20-18/h4-8,10,12-13H,3,9H2,1-2H3. The van der Waals surface area contributed by atoms with Crippen LogP contribution in [0.25, 0.3) is 17.0 Å². The number of hydrogen-bond donors (Lipinski definition) is 0. The lowest BCUT2D eigenvalue weighted by atomic mass is 10.2. The van der Waals surface area contributed by atoms with Crippen molar-refractivity contribution in [3.05, 3.63) is 54.0 Å². The van der Waals surface area contributed by atoms with Gasteiger partial charge in [0.05, 0.1) is 11.4 Å². The Bertz CT molecular complexity index is 1080. The maximum atomic E-state index is 4.81. The highest BCUT2D eigenvalue weighted by atomic mass is 15.4. The largest absolute Gasteiger partial charge is 0.263 e. The number of hydrogen-bond acceptors (Lipinski definition) is 6. The highest BCUT2D eigenvalue weighted by Crippen LogP contribution is 2.53. The minimum absolute atomic E-state index is 0.361. The Morgan fingerprint density at radius 1 is 1.08 bits per heavy atom. The molecule has 2 atom stereocenters. The summed E-state index contributed by atoms with van der Waals surface area (Å²) in [4.78, 5) is 8.77. The second-order valence-corrected chi connectivity index (χ2v) is 6.56. The van der Waals surface area contributed by atoms with Gasteiger partial charge in [-0.15, -0.1) is 10.2 Å². The van der Waals surface area contributed by atoms with Crippen molar-refractivity contribution >= 4 is 5.65 Å². The zero-order chi connectivity index (χ0) is 17.7. The summed E-state index contributed by atoms with van der Waals surface area (Å²) in [5.41, 5.74) is 3.71. The molecule has 2 unspecified atom stereocenters. The van der Waals surface area contributed by atoms with Crippen molar-refractivity contribution < 1.29 is 0 Å². The zero-order valence-electron chi connectivity index (χ0n) is 14.6. The van der Waals surface area contributed by atoms with Gasteiger partial charge >= 0.3 is 0 Å². The lowest BCUT2D eigenvalue weighted by molar-refractivity contribution is 0.649. The minimum Gasteiger partial charge on any atom is -0.263 e.